The highest BCUT2D eigenvalue weighted by atomic mass is 16.3. The van der Waals surface area contributed by atoms with Gasteiger partial charge in [-0.2, -0.15) is 5.26 Å². The van der Waals surface area contributed by atoms with Crippen molar-refractivity contribution in [3.63, 3.8) is 0 Å². The van der Waals surface area contributed by atoms with Gasteiger partial charge < -0.3 is 5.11 Å². The van der Waals surface area contributed by atoms with E-state index in [-0.39, 0.29) is 11.7 Å². The first-order valence-corrected chi connectivity index (χ1v) is 5.46. The quantitative estimate of drug-likeness (QED) is 0.848. The fourth-order valence-electron chi connectivity index (χ4n) is 1.77. The minimum Gasteiger partial charge on any atom is -0.508 e. The summed E-state index contributed by atoms with van der Waals surface area (Å²) in [4.78, 5) is 0. The van der Waals surface area contributed by atoms with Crippen LogP contribution in [-0.2, 0) is 0 Å². The lowest BCUT2D eigenvalue weighted by atomic mass is 9.92. The third kappa shape index (κ3) is 2.46. The number of aryl methyl sites for hydroxylation is 1. The fraction of sp³-hybridized carbons (Fsp3) is 0.133. The number of nitriles is 1. The number of phenolic OH excluding ortho intramolecular Hbond substituents is 1. The average Bonchev–Trinajstić information content (AvgIpc) is 2.35. The minimum absolute atomic E-state index is 0.217. The van der Waals surface area contributed by atoms with E-state index in [0.29, 0.717) is 0 Å². The molecule has 0 saturated carbocycles. The van der Waals surface area contributed by atoms with Crippen LogP contribution in [-0.4, -0.2) is 5.11 Å². The Morgan fingerprint density at radius 2 is 1.41 bits per heavy atom. The second kappa shape index (κ2) is 4.71. The summed E-state index contributed by atoms with van der Waals surface area (Å²) >= 11 is 0. The van der Waals surface area contributed by atoms with E-state index in [2.05, 4.69) is 6.07 Å². The van der Waals surface area contributed by atoms with Crippen LogP contribution in [0.5, 0.6) is 5.75 Å². The Labute approximate surface area is 101 Å². The van der Waals surface area contributed by atoms with Crippen LogP contribution < -0.4 is 0 Å². The van der Waals surface area contributed by atoms with Crippen molar-refractivity contribution >= 4 is 0 Å². The van der Waals surface area contributed by atoms with Gasteiger partial charge in [-0.05, 0) is 30.2 Å². The largest absolute Gasteiger partial charge is 0.508 e. The van der Waals surface area contributed by atoms with Gasteiger partial charge in [0.2, 0.25) is 0 Å². The zero-order chi connectivity index (χ0) is 12.3. The van der Waals surface area contributed by atoms with Crippen molar-refractivity contribution in [2.75, 3.05) is 0 Å². The standard InChI is InChI=1S/C15H13NO/c1-11-2-4-12(5-3-11)15(10-16)13-6-8-14(17)9-7-13/h2-9,15,17H,1H3. The van der Waals surface area contributed by atoms with Crippen molar-refractivity contribution in [2.24, 2.45) is 0 Å². The SMILES string of the molecule is Cc1ccc(C(C#N)c2ccc(O)cc2)cc1. The number of aromatic hydroxyl groups is 1. The van der Waals surface area contributed by atoms with Gasteiger partial charge in [-0.3, -0.25) is 0 Å². The van der Waals surface area contributed by atoms with E-state index in [1.54, 1.807) is 24.3 Å². The number of rotatable bonds is 2. The second-order valence-electron chi connectivity index (χ2n) is 4.06. The molecular formula is C15H13NO. The smallest absolute Gasteiger partial charge is 0.115 e. The lowest BCUT2D eigenvalue weighted by Gasteiger charge is -2.10. The highest BCUT2D eigenvalue weighted by Crippen LogP contribution is 2.25. The molecule has 84 valence electrons. The van der Waals surface area contributed by atoms with Crippen molar-refractivity contribution in [3.8, 4) is 11.8 Å². The molecule has 0 aromatic heterocycles. The van der Waals surface area contributed by atoms with E-state index in [4.69, 9.17) is 0 Å². The maximum atomic E-state index is 9.26. The molecule has 2 heteroatoms. The van der Waals surface area contributed by atoms with Crippen molar-refractivity contribution in [1.82, 2.24) is 0 Å². The van der Waals surface area contributed by atoms with Crippen LogP contribution in [0.25, 0.3) is 0 Å². The molecule has 1 atom stereocenters. The van der Waals surface area contributed by atoms with Crippen LogP contribution in [0, 0.1) is 18.3 Å². The monoisotopic (exact) mass is 223 g/mol. The lowest BCUT2D eigenvalue weighted by molar-refractivity contribution is 0.475. The van der Waals surface area contributed by atoms with Crippen molar-refractivity contribution < 1.29 is 5.11 Å². The molecule has 2 nitrogen and oxygen atoms in total. The maximum absolute atomic E-state index is 9.26. The summed E-state index contributed by atoms with van der Waals surface area (Å²) in [5.41, 5.74) is 3.05. The van der Waals surface area contributed by atoms with E-state index >= 15 is 0 Å². The Morgan fingerprint density at radius 1 is 0.941 bits per heavy atom. The number of hydrogen-bond acceptors (Lipinski definition) is 2. The molecule has 1 N–H and O–H groups in total. The Morgan fingerprint density at radius 3 is 1.88 bits per heavy atom. The first kappa shape index (κ1) is 11.2. The fourth-order valence-corrected chi connectivity index (χ4v) is 1.77. The number of hydrogen-bond donors (Lipinski definition) is 1. The van der Waals surface area contributed by atoms with Crippen molar-refractivity contribution in [2.45, 2.75) is 12.8 Å². The Bertz CT molecular complexity index is 489. The van der Waals surface area contributed by atoms with Crippen LogP contribution in [0.2, 0.25) is 0 Å². The van der Waals surface area contributed by atoms with E-state index in [1.807, 2.05) is 31.2 Å². The van der Waals surface area contributed by atoms with Gasteiger partial charge in [0.15, 0.2) is 0 Å². The third-order valence-corrected chi connectivity index (χ3v) is 2.77. The van der Waals surface area contributed by atoms with Crippen molar-refractivity contribution in [1.29, 1.82) is 5.26 Å². The molecule has 0 saturated heterocycles. The van der Waals surface area contributed by atoms with Gasteiger partial charge in [0.05, 0.1) is 12.0 Å². The predicted octanol–water partition coefficient (Wildman–Crippen LogP) is 3.36. The molecule has 0 fully saturated rings. The maximum Gasteiger partial charge on any atom is 0.115 e. The molecule has 0 amide bonds. The van der Waals surface area contributed by atoms with Gasteiger partial charge in [-0.15, -0.1) is 0 Å². The van der Waals surface area contributed by atoms with Gasteiger partial charge in [0, 0.05) is 0 Å². The minimum atomic E-state index is -0.281. The lowest BCUT2D eigenvalue weighted by Crippen LogP contribution is -1.97. The van der Waals surface area contributed by atoms with Gasteiger partial charge in [0.25, 0.3) is 0 Å². The number of benzene rings is 2. The number of nitrogens with zero attached hydrogens (tertiary/aromatic N) is 1. The molecule has 0 aliphatic carbocycles. The molecule has 0 aliphatic heterocycles. The van der Waals surface area contributed by atoms with E-state index in [9.17, 15) is 10.4 Å². The van der Waals surface area contributed by atoms with Gasteiger partial charge in [-0.25, -0.2) is 0 Å². The Kier molecular flexibility index (Phi) is 3.11. The highest BCUT2D eigenvalue weighted by Gasteiger charge is 2.12. The van der Waals surface area contributed by atoms with Gasteiger partial charge in [-0.1, -0.05) is 42.0 Å². The van der Waals surface area contributed by atoms with Gasteiger partial charge >= 0.3 is 0 Å². The summed E-state index contributed by atoms with van der Waals surface area (Å²) in [5, 5.41) is 18.5. The summed E-state index contributed by atoms with van der Waals surface area (Å²) in [7, 11) is 0. The molecule has 2 aromatic carbocycles. The molecular weight excluding hydrogens is 210 g/mol. The number of phenols is 1. The Hall–Kier alpha value is -2.27. The van der Waals surface area contributed by atoms with Crippen LogP contribution in [0.4, 0.5) is 0 Å². The molecule has 0 aliphatic rings. The van der Waals surface area contributed by atoms with Gasteiger partial charge in [0.1, 0.15) is 5.75 Å². The predicted molar refractivity (Wildman–Crippen MR) is 66.7 cm³/mol. The van der Waals surface area contributed by atoms with Crippen LogP contribution >= 0.6 is 0 Å². The molecule has 2 rings (SSSR count). The summed E-state index contributed by atoms with van der Waals surface area (Å²) in [5.74, 6) is -0.0643. The van der Waals surface area contributed by atoms with E-state index < -0.39 is 0 Å². The zero-order valence-electron chi connectivity index (χ0n) is 9.59. The molecule has 0 spiro atoms. The third-order valence-electron chi connectivity index (χ3n) is 2.77. The van der Waals surface area contributed by atoms with Crippen LogP contribution in [0.1, 0.15) is 22.6 Å². The second-order valence-corrected chi connectivity index (χ2v) is 4.06. The molecule has 0 radical (unpaired) electrons. The first-order valence-electron chi connectivity index (χ1n) is 5.46. The molecule has 0 heterocycles. The topological polar surface area (TPSA) is 44.0 Å². The van der Waals surface area contributed by atoms with Crippen LogP contribution in [0.15, 0.2) is 48.5 Å². The van der Waals surface area contributed by atoms with E-state index in [0.717, 1.165) is 11.1 Å². The normalized spacial score (nSPS) is 11.8. The Balaban J connectivity index is 2.37. The molecule has 0 bridgehead atoms. The van der Waals surface area contributed by atoms with Crippen LogP contribution in [0.3, 0.4) is 0 Å². The summed E-state index contributed by atoms with van der Waals surface area (Å²) in [6, 6.07) is 17.0. The molecule has 1 unspecified atom stereocenters. The first-order chi connectivity index (χ1) is 8.20. The average molecular weight is 223 g/mol. The summed E-state index contributed by atoms with van der Waals surface area (Å²) in [6.07, 6.45) is 0. The zero-order valence-corrected chi connectivity index (χ0v) is 9.59. The van der Waals surface area contributed by atoms with Crippen molar-refractivity contribution in [3.05, 3.63) is 65.2 Å². The molecule has 17 heavy (non-hydrogen) atoms. The summed E-state index contributed by atoms with van der Waals surface area (Å²) < 4.78 is 0. The summed E-state index contributed by atoms with van der Waals surface area (Å²) in [6.45, 7) is 2.02. The highest BCUT2D eigenvalue weighted by molar-refractivity contribution is 5.40. The molecule has 2 aromatic rings. The van der Waals surface area contributed by atoms with E-state index in [1.165, 1.54) is 5.56 Å².